The van der Waals surface area contributed by atoms with Crippen LogP contribution in [0, 0.1) is 17.0 Å². The fraction of sp³-hybridized carbons (Fsp3) is 0.222. The summed E-state index contributed by atoms with van der Waals surface area (Å²) in [5, 5.41) is 13.0. The van der Waals surface area contributed by atoms with Crippen molar-refractivity contribution in [1.29, 1.82) is 0 Å². The van der Waals surface area contributed by atoms with Gasteiger partial charge in [-0.15, -0.1) is 11.6 Å². The predicted molar refractivity (Wildman–Crippen MR) is 62.2 cm³/mol. The second-order valence-electron chi connectivity index (χ2n) is 3.06. The van der Waals surface area contributed by atoms with Crippen LogP contribution in [0.5, 0.6) is 0 Å². The molecular weight excluding hydrogens is 255 g/mol. The Morgan fingerprint density at radius 1 is 1.56 bits per heavy atom. The van der Waals surface area contributed by atoms with Crippen molar-refractivity contribution < 1.29 is 9.72 Å². The second-order valence-corrected chi connectivity index (χ2v) is 3.73. The molecule has 0 radical (unpaired) electrons. The molecule has 0 heterocycles. The fourth-order valence-electron chi connectivity index (χ4n) is 1.12. The summed E-state index contributed by atoms with van der Waals surface area (Å²) >= 11 is 11.0. The first-order chi connectivity index (χ1) is 7.45. The fourth-order valence-corrected chi connectivity index (χ4v) is 1.42. The predicted octanol–water partition coefficient (Wildman–Crippen LogP) is 2.73. The van der Waals surface area contributed by atoms with Gasteiger partial charge in [-0.2, -0.15) is 0 Å². The average Bonchev–Trinajstić information content (AvgIpc) is 2.22. The minimum atomic E-state index is -0.581. The van der Waals surface area contributed by atoms with Gasteiger partial charge in [-0.3, -0.25) is 14.9 Å². The Morgan fingerprint density at radius 3 is 2.69 bits per heavy atom. The van der Waals surface area contributed by atoms with Crippen LogP contribution in [0.15, 0.2) is 12.1 Å². The molecule has 0 saturated carbocycles. The van der Waals surface area contributed by atoms with Gasteiger partial charge in [0.05, 0.1) is 4.92 Å². The minimum absolute atomic E-state index is 0.0273. The first kappa shape index (κ1) is 12.7. The molecule has 1 aromatic carbocycles. The normalized spacial score (nSPS) is 9.94. The number of carbonyl (C=O) groups excluding carboxylic acids is 1. The summed E-state index contributed by atoms with van der Waals surface area (Å²) in [7, 11) is 0. The number of alkyl halides is 1. The van der Waals surface area contributed by atoms with Crippen molar-refractivity contribution in [3.8, 4) is 0 Å². The molecule has 0 aromatic heterocycles. The first-order valence-electron chi connectivity index (χ1n) is 4.26. The highest BCUT2D eigenvalue weighted by Crippen LogP contribution is 2.30. The third kappa shape index (κ3) is 2.84. The summed E-state index contributed by atoms with van der Waals surface area (Å²) in [4.78, 5) is 21.0. The van der Waals surface area contributed by atoms with Crippen molar-refractivity contribution in [3.05, 3.63) is 32.8 Å². The van der Waals surface area contributed by atoms with E-state index in [2.05, 4.69) is 5.32 Å². The van der Waals surface area contributed by atoms with Gasteiger partial charge in [0.15, 0.2) is 0 Å². The largest absolute Gasteiger partial charge is 0.325 e. The lowest BCUT2D eigenvalue weighted by molar-refractivity contribution is -0.384. The van der Waals surface area contributed by atoms with E-state index in [1.807, 2.05) is 0 Å². The van der Waals surface area contributed by atoms with E-state index in [-0.39, 0.29) is 16.6 Å². The summed E-state index contributed by atoms with van der Waals surface area (Å²) in [5.74, 6) is -0.580. The molecule has 1 rings (SSSR count). The molecule has 0 aliphatic heterocycles. The number of aryl methyl sites for hydroxylation is 1. The summed E-state index contributed by atoms with van der Waals surface area (Å²) in [5.41, 5.74) is 0.777. The number of nitro groups is 1. The molecule has 5 nitrogen and oxygen atoms in total. The van der Waals surface area contributed by atoms with Crippen LogP contribution >= 0.6 is 23.2 Å². The van der Waals surface area contributed by atoms with Gasteiger partial charge in [0.1, 0.15) is 10.9 Å². The van der Waals surface area contributed by atoms with Gasteiger partial charge in [-0.05, 0) is 18.6 Å². The average molecular weight is 263 g/mol. The van der Waals surface area contributed by atoms with E-state index >= 15 is 0 Å². The maximum atomic E-state index is 11.0. The van der Waals surface area contributed by atoms with E-state index in [1.165, 1.54) is 12.1 Å². The first-order valence-corrected chi connectivity index (χ1v) is 5.17. The SMILES string of the molecule is Cc1cc([N+](=O)[O-])c(Cl)cc1NC(=O)CCl. The molecule has 0 atom stereocenters. The van der Waals surface area contributed by atoms with E-state index in [0.29, 0.717) is 11.3 Å². The number of benzene rings is 1. The summed E-state index contributed by atoms with van der Waals surface area (Å²) in [6.45, 7) is 1.63. The molecule has 7 heteroatoms. The van der Waals surface area contributed by atoms with Crippen LogP contribution in [0.2, 0.25) is 5.02 Å². The number of hydrogen-bond donors (Lipinski definition) is 1. The Kier molecular flexibility index (Phi) is 4.09. The number of nitrogens with zero attached hydrogens (tertiary/aromatic N) is 1. The van der Waals surface area contributed by atoms with E-state index in [0.717, 1.165) is 0 Å². The van der Waals surface area contributed by atoms with Crippen molar-refractivity contribution in [2.24, 2.45) is 0 Å². The van der Waals surface area contributed by atoms with Gasteiger partial charge in [0.25, 0.3) is 5.69 Å². The highest BCUT2D eigenvalue weighted by molar-refractivity contribution is 6.33. The summed E-state index contributed by atoms with van der Waals surface area (Å²) in [6, 6.07) is 2.63. The number of nitro benzene ring substituents is 1. The van der Waals surface area contributed by atoms with Crippen molar-refractivity contribution in [1.82, 2.24) is 0 Å². The maximum Gasteiger partial charge on any atom is 0.288 e. The number of anilines is 1. The number of carbonyl (C=O) groups is 1. The van der Waals surface area contributed by atoms with Crippen molar-refractivity contribution >= 4 is 40.5 Å². The smallest absolute Gasteiger partial charge is 0.288 e. The Bertz CT molecular complexity index is 449. The molecule has 0 aliphatic rings. The summed E-state index contributed by atoms with van der Waals surface area (Å²) < 4.78 is 0. The Morgan fingerprint density at radius 2 is 2.19 bits per heavy atom. The van der Waals surface area contributed by atoms with Crippen molar-refractivity contribution in [3.63, 3.8) is 0 Å². The van der Waals surface area contributed by atoms with Gasteiger partial charge in [-0.25, -0.2) is 0 Å². The molecule has 1 N–H and O–H groups in total. The zero-order valence-electron chi connectivity index (χ0n) is 8.29. The molecular formula is C9H8Cl2N2O3. The maximum absolute atomic E-state index is 11.0. The number of halogens is 2. The minimum Gasteiger partial charge on any atom is -0.325 e. The van der Waals surface area contributed by atoms with Gasteiger partial charge in [0.2, 0.25) is 5.91 Å². The van der Waals surface area contributed by atoms with Crippen LogP contribution in [0.4, 0.5) is 11.4 Å². The molecule has 86 valence electrons. The lowest BCUT2D eigenvalue weighted by atomic mass is 10.2. The monoisotopic (exact) mass is 262 g/mol. The van der Waals surface area contributed by atoms with Crippen molar-refractivity contribution in [2.45, 2.75) is 6.92 Å². The number of amides is 1. The van der Waals surface area contributed by atoms with Crippen LogP contribution in [-0.2, 0) is 4.79 Å². The van der Waals surface area contributed by atoms with Crippen LogP contribution in [0.3, 0.4) is 0 Å². The molecule has 0 fully saturated rings. The third-order valence-corrected chi connectivity index (χ3v) is 2.43. The molecule has 1 amide bonds. The van der Waals surface area contributed by atoms with Gasteiger partial charge < -0.3 is 5.32 Å². The zero-order valence-corrected chi connectivity index (χ0v) is 9.80. The molecule has 1 aromatic rings. The molecule has 16 heavy (non-hydrogen) atoms. The third-order valence-electron chi connectivity index (χ3n) is 1.89. The number of hydrogen-bond acceptors (Lipinski definition) is 3. The Hall–Kier alpha value is -1.33. The Labute approximate surface area is 101 Å². The van der Waals surface area contributed by atoms with Crippen LogP contribution in [0.1, 0.15) is 5.56 Å². The highest BCUT2D eigenvalue weighted by atomic mass is 35.5. The second kappa shape index (κ2) is 5.14. The van der Waals surface area contributed by atoms with Crippen LogP contribution < -0.4 is 5.32 Å². The molecule has 0 unspecified atom stereocenters. The zero-order chi connectivity index (χ0) is 12.3. The van der Waals surface area contributed by atoms with Crippen molar-refractivity contribution in [2.75, 3.05) is 11.2 Å². The summed E-state index contributed by atoms with van der Waals surface area (Å²) in [6.07, 6.45) is 0. The number of rotatable bonds is 3. The van der Waals surface area contributed by atoms with Crippen LogP contribution in [0.25, 0.3) is 0 Å². The van der Waals surface area contributed by atoms with E-state index in [1.54, 1.807) is 6.92 Å². The van der Waals surface area contributed by atoms with Gasteiger partial charge >= 0.3 is 0 Å². The van der Waals surface area contributed by atoms with E-state index < -0.39 is 10.8 Å². The standard InChI is InChI=1S/C9H8Cl2N2O3/c1-5-2-8(13(15)16)6(11)3-7(5)12-9(14)4-10/h2-3H,4H2,1H3,(H,12,14). The quantitative estimate of drug-likeness (QED) is 0.517. The molecule has 0 aliphatic carbocycles. The molecule has 0 spiro atoms. The van der Waals surface area contributed by atoms with Crippen LogP contribution in [-0.4, -0.2) is 16.7 Å². The van der Waals surface area contributed by atoms with E-state index in [9.17, 15) is 14.9 Å². The van der Waals surface area contributed by atoms with Gasteiger partial charge in [-0.1, -0.05) is 11.6 Å². The highest BCUT2D eigenvalue weighted by Gasteiger charge is 2.15. The number of nitrogens with one attached hydrogen (secondary N) is 1. The van der Waals surface area contributed by atoms with E-state index in [4.69, 9.17) is 23.2 Å². The van der Waals surface area contributed by atoms with Gasteiger partial charge in [0, 0.05) is 11.8 Å². The molecule has 0 bridgehead atoms. The topological polar surface area (TPSA) is 72.2 Å². The molecule has 0 saturated heterocycles. The Balaban J connectivity index is 3.10. The lowest BCUT2D eigenvalue weighted by Crippen LogP contribution is -2.13. The lowest BCUT2D eigenvalue weighted by Gasteiger charge is -2.07.